The topological polar surface area (TPSA) is 41.0 Å². The lowest BCUT2D eigenvalue weighted by Crippen LogP contribution is -2.40. The van der Waals surface area contributed by atoms with Crippen LogP contribution in [0.1, 0.15) is 37.1 Å². The Bertz CT molecular complexity index is 1020. The molecule has 0 radical (unpaired) electrons. The molecule has 1 fully saturated rings. The summed E-state index contributed by atoms with van der Waals surface area (Å²) in [5.74, 6) is -1.03. The summed E-state index contributed by atoms with van der Waals surface area (Å²) < 4.78 is 40.8. The van der Waals surface area contributed by atoms with Gasteiger partial charge < -0.3 is 10.2 Å². The maximum Gasteiger partial charge on any atom is 0.138 e. The number of nitrogens with zero attached hydrogens (tertiary/aromatic N) is 3. The van der Waals surface area contributed by atoms with E-state index in [1.807, 2.05) is 0 Å². The zero-order chi connectivity index (χ0) is 22.0. The van der Waals surface area contributed by atoms with E-state index in [9.17, 15) is 13.2 Å². The molecule has 1 aliphatic rings. The summed E-state index contributed by atoms with van der Waals surface area (Å²) in [4.78, 5) is 13.4. The second-order valence-electron chi connectivity index (χ2n) is 8.61. The van der Waals surface area contributed by atoms with Crippen LogP contribution in [-0.4, -0.2) is 40.5 Å². The minimum atomic E-state index is -0.883. The lowest BCUT2D eigenvalue weighted by molar-refractivity contribution is 0.220. The van der Waals surface area contributed by atoms with Crippen molar-refractivity contribution in [3.05, 3.63) is 52.4 Å². The van der Waals surface area contributed by atoms with Crippen molar-refractivity contribution in [2.45, 2.75) is 45.6 Å². The Morgan fingerprint density at radius 3 is 2.48 bits per heavy atom. The van der Waals surface area contributed by atoms with E-state index in [1.165, 1.54) is 4.88 Å². The fraction of sp³-hybridized carbons (Fsp3) is 0.478. The van der Waals surface area contributed by atoms with Gasteiger partial charge in [-0.2, -0.15) is 0 Å². The molecule has 3 aromatic rings. The molecular weight excluding hydrogens is 421 g/mol. The zero-order valence-corrected chi connectivity index (χ0v) is 18.6. The maximum absolute atomic E-state index is 13.8. The number of benzene rings is 1. The molecule has 2 aromatic heterocycles. The molecule has 1 N–H and O–H groups in total. The molecule has 0 bridgehead atoms. The van der Waals surface area contributed by atoms with Crippen LogP contribution in [0, 0.1) is 23.4 Å². The monoisotopic (exact) mass is 448 g/mol. The highest BCUT2D eigenvalue weighted by Crippen LogP contribution is 2.30. The Balaban J connectivity index is 1.33. The largest absolute Gasteiger partial charge is 0.367 e. The minimum Gasteiger partial charge on any atom is -0.367 e. The third-order valence-corrected chi connectivity index (χ3v) is 6.77. The predicted molar refractivity (Wildman–Crippen MR) is 119 cm³/mol. The van der Waals surface area contributed by atoms with E-state index in [-0.39, 0.29) is 12.0 Å². The Morgan fingerprint density at radius 1 is 1.10 bits per heavy atom. The SMILES string of the molecule is CC(C)Cc1cc2c(NC3CCN(CCc4c(F)cc(F)cc4F)CC3)ncnc2s1. The van der Waals surface area contributed by atoms with Crippen molar-refractivity contribution >= 4 is 27.4 Å². The first-order valence-electron chi connectivity index (χ1n) is 10.7. The second kappa shape index (κ2) is 9.53. The number of likely N-dealkylation sites (tertiary alicyclic amines) is 1. The molecule has 0 amide bonds. The number of aromatic nitrogens is 2. The van der Waals surface area contributed by atoms with Gasteiger partial charge in [-0.1, -0.05) is 13.8 Å². The van der Waals surface area contributed by atoms with E-state index in [0.29, 0.717) is 18.5 Å². The first kappa shape index (κ1) is 22.0. The summed E-state index contributed by atoms with van der Waals surface area (Å²) in [6, 6.07) is 3.98. The molecule has 0 aliphatic carbocycles. The van der Waals surface area contributed by atoms with E-state index >= 15 is 0 Å². The van der Waals surface area contributed by atoms with E-state index in [4.69, 9.17) is 0 Å². The molecule has 1 aliphatic heterocycles. The molecular formula is C23H27F3N4S. The molecule has 0 spiro atoms. The fourth-order valence-electron chi connectivity index (χ4n) is 4.10. The molecule has 0 atom stereocenters. The fourth-order valence-corrected chi connectivity index (χ4v) is 5.31. The first-order chi connectivity index (χ1) is 14.9. The van der Waals surface area contributed by atoms with Crippen LogP contribution >= 0.6 is 11.3 Å². The summed E-state index contributed by atoms with van der Waals surface area (Å²) in [5.41, 5.74) is -0.0420. The van der Waals surface area contributed by atoms with E-state index < -0.39 is 17.5 Å². The van der Waals surface area contributed by atoms with Crippen molar-refractivity contribution in [3.8, 4) is 0 Å². The first-order valence-corrected chi connectivity index (χ1v) is 11.6. The van der Waals surface area contributed by atoms with Crippen LogP contribution in [0.3, 0.4) is 0 Å². The summed E-state index contributed by atoms with van der Waals surface area (Å²) in [7, 11) is 0. The quantitative estimate of drug-likeness (QED) is 0.524. The van der Waals surface area contributed by atoms with Crippen molar-refractivity contribution in [1.82, 2.24) is 14.9 Å². The van der Waals surface area contributed by atoms with Crippen molar-refractivity contribution in [2.24, 2.45) is 5.92 Å². The Morgan fingerprint density at radius 2 is 1.81 bits per heavy atom. The predicted octanol–water partition coefficient (Wildman–Crippen LogP) is 5.43. The maximum atomic E-state index is 13.8. The second-order valence-corrected chi connectivity index (χ2v) is 9.73. The van der Waals surface area contributed by atoms with Gasteiger partial charge in [0.05, 0.1) is 5.39 Å². The van der Waals surface area contributed by atoms with E-state index in [1.54, 1.807) is 17.7 Å². The van der Waals surface area contributed by atoms with Crippen molar-refractivity contribution in [2.75, 3.05) is 25.0 Å². The number of fused-ring (bicyclic) bond motifs is 1. The van der Waals surface area contributed by atoms with Gasteiger partial charge in [-0.25, -0.2) is 23.1 Å². The van der Waals surface area contributed by atoms with Crippen LogP contribution < -0.4 is 5.32 Å². The molecule has 4 nitrogen and oxygen atoms in total. The summed E-state index contributed by atoms with van der Waals surface area (Å²) in [5, 5.41) is 4.65. The van der Waals surface area contributed by atoms with E-state index in [2.05, 4.69) is 40.1 Å². The van der Waals surface area contributed by atoms with Gasteiger partial charge in [0, 0.05) is 48.2 Å². The molecule has 8 heteroatoms. The van der Waals surface area contributed by atoms with Gasteiger partial charge in [-0.3, -0.25) is 0 Å². The molecule has 1 aromatic carbocycles. The lowest BCUT2D eigenvalue weighted by atomic mass is 10.0. The Kier molecular flexibility index (Phi) is 6.77. The van der Waals surface area contributed by atoms with Gasteiger partial charge >= 0.3 is 0 Å². The third-order valence-electron chi connectivity index (χ3n) is 5.70. The van der Waals surface area contributed by atoms with Crippen LogP contribution in [0.25, 0.3) is 10.2 Å². The van der Waals surface area contributed by atoms with Gasteiger partial charge in [-0.15, -0.1) is 11.3 Å². The van der Waals surface area contributed by atoms with Gasteiger partial charge in [0.15, 0.2) is 0 Å². The van der Waals surface area contributed by atoms with Crippen LogP contribution in [0.4, 0.5) is 19.0 Å². The number of rotatable bonds is 7. The number of thiophene rings is 1. The molecule has 166 valence electrons. The number of piperidine rings is 1. The summed E-state index contributed by atoms with van der Waals surface area (Å²) in [6.07, 6.45) is 4.72. The Hall–Kier alpha value is -2.19. The number of halogens is 3. The summed E-state index contributed by atoms with van der Waals surface area (Å²) in [6.45, 7) is 6.63. The zero-order valence-electron chi connectivity index (χ0n) is 17.8. The molecule has 0 unspecified atom stereocenters. The average Bonchev–Trinajstić information content (AvgIpc) is 3.11. The molecule has 4 rings (SSSR count). The van der Waals surface area contributed by atoms with Crippen molar-refractivity contribution in [3.63, 3.8) is 0 Å². The molecule has 31 heavy (non-hydrogen) atoms. The van der Waals surface area contributed by atoms with Gasteiger partial charge in [0.1, 0.15) is 34.4 Å². The molecule has 1 saturated heterocycles. The number of hydrogen-bond acceptors (Lipinski definition) is 5. The van der Waals surface area contributed by atoms with Gasteiger partial charge in [0.2, 0.25) is 0 Å². The van der Waals surface area contributed by atoms with Gasteiger partial charge in [-0.05, 0) is 37.7 Å². The Labute approximate surface area is 184 Å². The number of hydrogen-bond donors (Lipinski definition) is 1. The van der Waals surface area contributed by atoms with Crippen molar-refractivity contribution in [1.29, 1.82) is 0 Å². The van der Waals surface area contributed by atoms with Crippen molar-refractivity contribution < 1.29 is 13.2 Å². The smallest absolute Gasteiger partial charge is 0.138 e. The standard InChI is InChI=1S/C23H27F3N4S/c1-14(2)9-17-12-19-22(27-13-28-23(19)31-17)29-16-3-6-30(7-4-16)8-5-18-20(25)10-15(24)11-21(18)26/h10-14,16H,3-9H2,1-2H3,(H,27,28,29). The van der Waals surface area contributed by atoms with Crippen LogP contribution in [-0.2, 0) is 12.8 Å². The highest BCUT2D eigenvalue weighted by atomic mass is 32.1. The third kappa shape index (κ3) is 5.36. The minimum absolute atomic E-state index is 0.0420. The van der Waals surface area contributed by atoms with Crippen LogP contribution in [0.2, 0.25) is 0 Å². The molecule has 3 heterocycles. The lowest BCUT2D eigenvalue weighted by Gasteiger charge is -2.32. The van der Waals surface area contributed by atoms with Crippen LogP contribution in [0.15, 0.2) is 24.5 Å². The highest BCUT2D eigenvalue weighted by molar-refractivity contribution is 7.18. The molecule has 0 saturated carbocycles. The normalized spacial score (nSPS) is 15.8. The highest BCUT2D eigenvalue weighted by Gasteiger charge is 2.21. The number of anilines is 1. The van der Waals surface area contributed by atoms with Crippen LogP contribution in [0.5, 0.6) is 0 Å². The van der Waals surface area contributed by atoms with Gasteiger partial charge in [0.25, 0.3) is 0 Å². The summed E-state index contributed by atoms with van der Waals surface area (Å²) >= 11 is 1.73. The number of nitrogens with one attached hydrogen (secondary N) is 1. The van der Waals surface area contributed by atoms with E-state index in [0.717, 1.165) is 60.5 Å². The average molecular weight is 449 g/mol.